The number of aromatic nitrogens is 4. The minimum Gasteiger partial charge on any atom is -0.446 e. The third kappa shape index (κ3) is 4.22. The molecule has 1 amide bonds. The van der Waals surface area contributed by atoms with Crippen LogP contribution in [0.1, 0.15) is 21.7 Å². The normalized spacial score (nSPS) is 15.4. The Bertz CT molecular complexity index is 1460. The molecule has 1 atom stereocenters. The molecule has 1 aliphatic carbocycles. The molecule has 10 heteroatoms. The van der Waals surface area contributed by atoms with Gasteiger partial charge in [0.2, 0.25) is 0 Å². The van der Waals surface area contributed by atoms with Crippen LogP contribution in [0, 0.1) is 0 Å². The summed E-state index contributed by atoms with van der Waals surface area (Å²) in [7, 11) is 0. The molecule has 0 saturated heterocycles. The van der Waals surface area contributed by atoms with E-state index in [1.165, 1.54) is 15.3 Å². The van der Waals surface area contributed by atoms with E-state index in [1.807, 2.05) is 29.6 Å². The highest BCUT2D eigenvalue weighted by Crippen LogP contribution is 2.39. The number of alkyl carbamates (subject to hydrolysis) is 1. The van der Waals surface area contributed by atoms with E-state index >= 15 is 0 Å². The maximum Gasteiger partial charge on any atom is 0.407 e. The van der Waals surface area contributed by atoms with Crippen molar-refractivity contribution in [3.05, 3.63) is 63.6 Å². The molecule has 4 aromatic heterocycles. The lowest BCUT2D eigenvalue weighted by Crippen LogP contribution is -2.32. The van der Waals surface area contributed by atoms with Gasteiger partial charge in [0.25, 0.3) is 0 Å². The quantitative estimate of drug-likeness (QED) is 0.302. The van der Waals surface area contributed by atoms with Crippen LogP contribution >= 0.6 is 22.7 Å². The van der Waals surface area contributed by atoms with Crippen molar-refractivity contribution >= 4 is 61.4 Å². The SMILES string of the molecule is O=C(NCCc1cccs1)OC1CCc2c(sc3ncnc(Nc4ccc5[nH]ncc5c4)c23)C1. The number of nitrogens with one attached hydrogen (secondary N) is 3. The van der Waals surface area contributed by atoms with Crippen molar-refractivity contribution in [3.8, 4) is 0 Å². The zero-order valence-corrected chi connectivity index (χ0v) is 19.8. The van der Waals surface area contributed by atoms with Gasteiger partial charge in [-0.1, -0.05) is 6.07 Å². The molecule has 4 heterocycles. The molecular weight excluding hydrogens is 468 g/mol. The summed E-state index contributed by atoms with van der Waals surface area (Å²) in [6, 6.07) is 10.1. The van der Waals surface area contributed by atoms with E-state index in [9.17, 15) is 4.79 Å². The van der Waals surface area contributed by atoms with Gasteiger partial charge >= 0.3 is 6.09 Å². The molecule has 0 fully saturated rings. The van der Waals surface area contributed by atoms with Crippen molar-refractivity contribution in [3.63, 3.8) is 0 Å². The average Bonchev–Trinajstić information content (AvgIpc) is 3.58. The molecular formula is C24H22N6O2S2. The number of benzene rings is 1. The van der Waals surface area contributed by atoms with E-state index in [-0.39, 0.29) is 12.2 Å². The maximum atomic E-state index is 12.3. The molecule has 1 unspecified atom stereocenters. The molecule has 8 nitrogen and oxygen atoms in total. The standard InChI is InChI=1S/C24H22N6O2S2/c31-24(25-8-7-17-2-1-9-33-17)32-16-4-5-18-20(11-16)34-23-21(18)22(26-13-27-23)29-15-3-6-19-14(10-15)12-28-30-19/h1-3,6,9-10,12-13,16H,4-5,7-8,11H2,(H,25,31)(H,28,30)(H,26,27,29). The number of fused-ring (bicyclic) bond motifs is 4. The number of carbonyl (C=O) groups is 1. The van der Waals surface area contributed by atoms with Gasteiger partial charge in [0, 0.05) is 33.8 Å². The Morgan fingerprint density at radius 3 is 3.15 bits per heavy atom. The molecule has 0 spiro atoms. The topological polar surface area (TPSA) is 105 Å². The molecule has 1 aliphatic rings. The third-order valence-corrected chi connectivity index (χ3v) is 8.10. The Hall–Kier alpha value is -3.50. The van der Waals surface area contributed by atoms with Crippen molar-refractivity contribution in [1.29, 1.82) is 0 Å². The first kappa shape index (κ1) is 21.1. The van der Waals surface area contributed by atoms with Gasteiger partial charge in [-0.05, 0) is 54.5 Å². The second-order valence-corrected chi connectivity index (χ2v) is 10.3. The summed E-state index contributed by atoms with van der Waals surface area (Å²) in [4.78, 5) is 24.8. The fraction of sp³-hybridized carbons (Fsp3) is 0.250. The summed E-state index contributed by atoms with van der Waals surface area (Å²) in [5.41, 5.74) is 3.20. The van der Waals surface area contributed by atoms with Gasteiger partial charge < -0.3 is 15.4 Å². The van der Waals surface area contributed by atoms with Crippen LogP contribution in [0.25, 0.3) is 21.1 Å². The molecule has 0 aliphatic heterocycles. The highest BCUT2D eigenvalue weighted by Gasteiger charge is 2.27. The summed E-state index contributed by atoms with van der Waals surface area (Å²) in [6.07, 6.45) is 6.06. The Morgan fingerprint density at radius 1 is 1.26 bits per heavy atom. The van der Waals surface area contributed by atoms with Crippen molar-refractivity contribution < 1.29 is 9.53 Å². The highest BCUT2D eigenvalue weighted by atomic mass is 32.1. The number of hydrogen-bond acceptors (Lipinski definition) is 8. The number of H-pyrrole nitrogens is 1. The average molecular weight is 491 g/mol. The lowest BCUT2D eigenvalue weighted by molar-refractivity contribution is 0.0904. The Kier molecular flexibility index (Phi) is 5.60. The van der Waals surface area contributed by atoms with Gasteiger partial charge in [-0.15, -0.1) is 22.7 Å². The van der Waals surface area contributed by atoms with E-state index in [2.05, 4.69) is 36.9 Å². The van der Waals surface area contributed by atoms with Crippen molar-refractivity contribution in [2.45, 2.75) is 31.8 Å². The highest BCUT2D eigenvalue weighted by molar-refractivity contribution is 7.19. The lowest BCUT2D eigenvalue weighted by Gasteiger charge is -2.22. The zero-order valence-electron chi connectivity index (χ0n) is 18.2. The first-order valence-corrected chi connectivity index (χ1v) is 12.8. The van der Waals surface area contributed by atoms with E-state index in [0.29, 0.717) is 13.0 Å². The van der Waals surface area contributed by atoms with E-state index in [0.717, 1.165) is 51.9 Å². The van der Waals surface area contributed by atoms with E-state index in [4.69, 9.17) is 4.74 Å². The smallest absolute Gasteiger partial charge is 0.407 e. The molecule has 34 heavy (non-hydrogen) atoms. The van der Waals surface area contributed by atoms with Crippen LogP contribution in [0.2, 0.25) is 0 Å². The predicted octanol–water partition coefficient (Wildman–Crippen LogP) is 5.20. The number of anilines is 2. The van der Waals surface area contributed by atoms with Crippen LogP contribution in [-0.4, -0.2) is 38.9 Å². The Labute approximate surface area is 203 Å². The number of aryl methyl sites for hydroxylation is 1. The predicted molar refractivity (Wildman–Crippen MR) is 135 cm³/mol. The van der Waals surface area contributed by atoms with Gasteiger partial charge in [-0.2, -0.15) is 5.10 Å². The summed E-state index contributed by atoms with van der Waals surface area (Å²) in [6.45, 7) is 0.579. The molecule has 5 aromatic rings. The van der Waals surface area contributed by atoms with Crippen LogP contribution in [0.4, 0.5) is 16.3 Å². The van der Waals surface area contributed by atoms with Crippen molar-refractivity contribution in [1.82, 2.24) is 25.5 Å². The first-order valence-electron chi connectivity index (χ1n) is 11.2. The van der Waals surface area contributed by atoms with Crippen LogP contribution in [0.15, 0.2) is 48.2 Å². The molecule has 3 N–H and O–H groups in total. The molecule has 0 bridgehead atoms. The molecule has 0 radical (unpaired) electrons. The second kappa shape index (κ2) is 9.03. The number of rotatable bonds is 6. The van der Waals surface area contributed by atoms with Crippen LogP contribution in [0.3, 0.4) is 0 Å². The van der Waals surface area contributed by atoms with Crippen molar-refractivity contribution in [2.24, 2.45) is 0 Å². The summed E-state index contributed by atoms with van der Waals surface area (Å²) in [5, 5.41) is 17.5. The lowest BCUT2D eigenvalue weighted by atomic mass is 9.94. The number of nitrogens with zero attached hydrogens (tertiary/aromatic N) is 3. The Balaban J connectivity index is 1.15. The van der Waals surface area contributed by atoms with Crippen LogP contribution in [0.5, 0.6) is 0 Å². The van der Waals surface area contributed by atoms with Gasteiger partial charge in [0.15, 0.2) is 0 Å². The number of hydrogen-bond donors (Lipinski definition) is 3. The number of carbonyl (C=O) groups excluding carboxylic acids is 1. The fourth-order valence-corrected chi connectivity index (χ4v) is 6.33. The number of thiophene rings is 2. The Morgan fingerprint density at radius 2 is 2.24 bits per heavy atom. The molecule has 6 rings (SSSR count). The zero-order chi connectivity index (χ0) is 22.9. The van der Waals surface area contributed by atoms with Crippen LogP contribution < -0.4 is 10.6 Å². The molecule has 172 valence electrons. The van der Waals surface area contributed by atoms with Crippen LogP contribution in [-0.2, 0) is 24.0 Å². The van der Waals surface area contributed by atoms with Gasteiger partial charge in [0.05, 0.1) is 17.1 Å². The number of aromatic amines is 1. The van der Waals surface area contributed by atoms with E-state index < -0.39 is 0 Å². The monoisotopic (exact) mass is 490 g/mol. The first-order chi connectivity index (χ1) is 16.7. The van der Waals surface area contributed by atoms with Gasteiger partial charge in [-0.25, -0.2) is 14.8 Å². The maximum absolute atomic E-state index is 12.3. The summed E-state index contributed by atoms with van der Waals surface area (Å²) < 4.78 is 5.72. The van der Waals surface area contributed by atoms with Gasteiger partial charge in [0.1, 0.15) is 23.1 Å². The van der Waals surface area contributed by atoms with Crippen molar-refractivity contribution in [2.75, 3.05) is 11.9 Å². The molecule has 1 aromatic carbocycles. The minimum absolute atomic E-state index is 0.129. The van der Waals surface area contributed by atoms with Gasteiger partial charge in [-0.3, -0.25) is 5.10 Å². The summed E-state index contributed by atoms with van der Waals surface area (Å²) >= 11 is 3.35. The fourth-order valence-electron chi connectivity index (χ4n) is 4.37. The molecule has 0 saturated carbocycles. The number of amides is 1. The largest absolute Gasteiger partial charge is 0.446 e. The minimum atomic E-state index is -0.345. The third-order valence-electron chi connectivity index (χ3n) is 6.00. The number of ether oxygens (including phenoxy) is 1. The second-order valence-electron chi connectivity index (χ2n) is 8.23. The summed E-state index contributed by atoms with van der Waals surface area (Å²) in [5.74, 6) is 0.802. The van der Waals surface area contributed by atoms with E-state index in [1.54, 1.807) is 35.2 Å².